The van der Waals surface area contributed by atoms with Crippen molar-refractivity contribution in [1.82, 2.24) is 14.9 Å². The van der Waals surface area contributed by atoms with Crippen molar-refractivity contribution in [3.63, 3.8) is 0 Å². The monoisotopic (exact) mass is 461 g/mol. The number of amides is 1. The molecule has 0 radical (unpaired) electrons. The highest BCUT2D eigenvalue weighted by atomic mass is 16.5. The molecule has 0 aliphatic carbocycles. The van der Waals surface area contributed by atoms with E-state index in [9.17, 15) is 4.79 Å². The van der Waals surface area contributed by atoms with Crippen molar-refractivity contribution in [2.45, 2.75) is 26.5 Å². The Morgan fingerprint density at radius 3 is 2.26 bits per heavy atom. The molecular formula is C30H27N3O2. The number of fused-ring (bicyclic) bond motifs is 1. The highest BCUT2D eigenvalue weighted by Crippen LogP contribution is 2.29. The van der Waals surface area contributed by atoms with E-state index in [2.05, 4.69) is 28.1 Å². The van der Waals surface area contributed by atoms with Crippen LogP contribution in [0.5, 0.6) is 5.75 Å². The molecule has 0 unspecified atom stereocenters. The van der Waals surface area contributed by atoms with Crippen molar-refractivity contribution in [3.8, 4) is 22.8 Å². The van der Waals surface area contributed by atoms with Gasteiger partial charge in [0.05, 0.1) is 11.0 Å². The molecule has 0 atom stereocenters. The van der Waals surface area contributed by atoms with Gasteiger partial charge in [-0.05, 0) is 67.9 Å². The van der Waals surface area contributed by atoms with Crippen molar-refractivity contribution in [1.29, 1.82) is 0 Å². The number of nitrogens with zero attached hydrogens (tertiary/aromatic N) is 2. The summed E-state index contributed by atoms with van der Waals surface area (Å²) < 4.78 is 8.11. The minimum atomic E-state index is -0.0776. The summed E-state index contributed by atoms with van der Waals surface area (Å²) in [5, 5.41) is 2.93. The predicted octanol–water partition coefficient (Wildman–Crippen LogP) is 6.41. The van der Waals surface area contributed by atoms with Crippen LogP contribution in [0.25, 0.3) is 28.1 Å². The number of hydrogen-bond donors (Lipinski definition) is 1. The van der Waals surface area contributed by atoms with Crippen molar-refractivity contribution < 1.29 is 9.53 Å². The molecule has 0 fully saturated rings. The summed E-state index contributed by atoms with van der Waals surface area (Å²) >= 11 is 0. The lowest BCUT2D eigenvalue weighted by Crippen LogP contribution is -2.29. The van der Waals surface area contributed by atoms with E-state index in [1.54, 1.807) is 0 Å². The van der Waals surface area contributed by atoms with Crippen LogP contribution in [0.1, 0.15) is 29.8 Å². The van der Waals surface area contributed by atoms with Gasteiger partial charge in [0.25, 0.3) is 5.91 Å². The SMILES string of the molecule is CC(C)NC(=O)c1ccc(-c2nc3ccccc3n2-c2ccc(OCc3ccccc3)cc2)cc1. The second-order valence-electron chi connectivity index (χ2n) is 8.73. The molecule has 5 heteroatoms. The molecular weight excluding hydrogens is 434 g/mol. The average Bonchev–Trinajstić information content (AvgIpc) is 3.28. The van der Waals surface area contributed by atoms with E-state index < -0.39 is 0 Å². The van der Waals surface area contributed by atoms with Crippen LogP contribution in [0, 0.1) is 0 Å². The number of rotatable bonds is 7. The fourth-order valence-corrected chi connectivity index (χ4v) is 4.03. The average molecular weight is 462 g/mol. The van der Waals surface area contributed by atoms with Gasteiger partial charge < -0.3 is 10.1 Å². The minimum absolute atomic E-state index is 0.0776. The van der Waals surface area contributed by atoms with E-state index in [0.717, 1.165) is 39.4 Å². The molecule has 1 N–H and O–H groups in total. The zero-order chi connectivity index (χ0) is 24.2. The van der Waals surface area contributed by atoms with Crippen LogP contribution in [0.4, 0.5) is 0 Å². The van der Waals surface area contributed by atoms with Gasteiger partial charge in [0.1, 0.15) is 18.2 Å². The fraction of sp³-hybridized carbons (Fsp3) is 0.133. The van der Waals surface area contributed by atoms with Crippen molar-refractivity contribution in [2.24, 2.45) is 0 Å². The van der Waals surface area contributed by atoms with E-state index in [4.69, 9.17) is 9.72 Å². The molecule has 1 amide bonds. The van der Waals surface area contributed by atoms with Crippen molar-refractivity contribution in [3.05, 3.63) is 114 Å². The molecule has 0 saturated heterocycles. The normalized spacial score (nSPS) is 11.1. The largest absolute Gasteiger partial charge is 0.489 e. The number of hydrogen-bond acceptors (Lipinski definition) is 3. The Balaban J connectivity index is 1.46. The highest BCUT2D eigenvalue weighted by molar-refractivity contribution is 5.95. The number of carbonyl (C=O) groups is 1. The van der Waals surface area contributed by atoms with E-state index in [-0.39, 0.29) is 11.9 Å². The second kappa shape index (κ2) is 9.85. The third kappa shape index (κ3) is 4.94. The maximum absolute atomic E-state index is 12.4. The molecule has 0 aliphatic heterocycles. The van der Waals surface area contributed by atoms with E-state index in [0.29, 0.717) is 12.2 Å². The van der Waals surface area contributed by atoms with Crippen molar-refractivity contribution >= 4 is 16.9 Å². The van der Waals surface area contributed by atoms with Gasteiger partial charge in [-0.15, -0.1) is 0 Å². The van der Waals surface area contributed by atoms with Gasteiger partial charge in [-0.25, -0.2) is 4.98 Å². The summed E-state index contributed by atoms with van der Waals surface area (Å²) in [5.41, 5.74) is 5.61. The zero-order valence-electron chi connectivity index (χ0n) is 19.8. The van der Waals surface area contributed by atoms with E-state index in [1.807, 2.05) is 98.8 Å². The topological polar surface area (TPSA) is 56.2 Å². The number of aromatic nitrogens is 2. The number of carbonyl (C=O) groups excluding carboxylic acids is 1. The lowest BCUT2D eigenvalue weighted by Gasteiger charge is -2.12. The molecule has 0 saturated carbocycles. The summed E-state index contributed by atoms with van der Waals surface area (Å²) in [6.07, 6.45) is 0. The smallest absolute Gasteiger partial charge is 0.251 e. The van der Waals surface area contributed by atoms with Crippen molar-refractivity contribution in [2.75, 3.05) is 0 Å². The maximum atomic E-state index is 12.4. The van der Waals surface area contributed by atoms with E-state index in [1.165, 1.54) is 0 Å². The van der Waals surface area contributed by atoms with Gasteiger partial charge in [-0.2, -0.15) is 0 Å². The number of benzene rings is 4. The third-order valence-electron chi connectivity index (χ3n) is 5.73. The molecule has 5 rings (SSSR count). The number of ether oxygens (including phenoxy) is 1. The Labute approximate surface area is 205 Å². The Kier molecular flexibility index (Phi) is 6.31. The van der Waals surface area contributed by atoms with Gasteiger partial charge in [-0.3, -0.25) is 9.36 Å². The van der Waals surface area contributed by atoms with Crippen LogP contribution < -0.4 is 10.1 Å². The highest BCUT2D eigenvalue weighted by Gasteiger charge is 2.15. The van der Waals surface area contributed by atoms with Gasteiger partial charge in [-0.1, -0.05) is 54.6 Å². The molecule has 35 heavy (non-hydrogen) atoms. The van der Waals surface area contributed by atoms with Crippen LogP contribution in [0.15, 0.2) is 103 Å². The molecule has 1 aromatic heterocycles. The molecule has 5 nitrogen and oxygen atoms in total. The first-order chi connectivity index (χ1) is 17.1. The molecule has 0 aliphatic rings. The van der Waals surface area contributed by atoms with Crippen LogP contribution in [-0.2, 0) is 6.61 Å². The maximum Gasteiger partial charge on any atom is 0.251 e. The second-order valence-corrected chi connectivity index (χ2v) is 8.73. The van der Waals surface area contributed by atoms with E-state index >= 15 is 0 Å². The summed E-state index contributed by atoms with van der Waals surface area (Å²) in [7, 11) is 0. The molecule has 0 spiro atoms. The lowest BCUT2D eigenvalue weighted by atomic mass is 10.1. The molecule has 174 valence electrons. The summed E-state index contributed by atoms with van der Waals surface area (Å²) in [6, 6.07) is 33.9. The van der Waals surface area contributed by atoms with Crippen LogP contribution in [-0.4, -0.2) is 21.5 Å². The number of imidazole rings is 1. The Bertz CT molecular complexity index is 1440. The van der Waals surface area contributed by atoms with Crippen LogP contribution >= 0.6 is 0 Å². The standard InChI is InChI=1S/C30H27N3O2/c1-21(2)31-30(34)24-14-12-23(13-15-24)29-32-27-10-6-7-11-28(27)33(29)25-16-18-26(19-17-25)35-20-22-8-4-3-5-9-22/h3-19,21H,20H2,1-2H3,(H,31,34). The third-order valence-corrected chi connectivity index (χ3v) is 5.73. The van der Waals surface area contributed by atoms with Gasteiger partial charge in [0, 0.05) is 22.9 Å². The Hall–Kier alpha value is -4.38. The Morgan fingerprint density at radius 1 is 0.857 bits per heavy atom. The van der Waals surface area contributed by atoms with Gasteiger partial charge in [0.15, 0.2) is 0 Å². The minimum Gasteiger partial charge on any atom is -0.489 e. The summed E-state index contributed by atoms with van der Waals surface area (Å²) in [4.78, 5) is 17.3. The van der Waals surface area contributed by atoms with Gasteiger partial charge in [0.2, 0.25) is 0 Å². The Morgan fingerprint density at radius 2 is 1.54 bits per heavy atom. The van der Waals surface area contributed by atoms with Crippen LogP contribution in [0.2, 0.25) is 0 Å². The van der Waals surface area contributed by atoms with Gasteiger partial charge >= 0.3 is 0 Å². The predicted molar refractivity (Wildman–Crippen MR) is 140 cm³/mol. The zero-order valence-corrected chi connectivity index (χ0v) is 19.8. The fourth-order valence-electron chi connectivity index (χ4n) is 4.03. The first-order valence-corrected chi connectivity index (χ1v) is 11.7. The quantitative estimate of drug-likeness (QED) is 0.305. The molecule has 0 bridgehead atoms. The lowest BCUT2D eigenvalue weighted by molar-refractivity contribution is 0.0943. The first kappa shape index (κ1) is 22.4. The number of nitrogens with one attached hydrogen (secondary N) is 1. The number of para-hydroxylation sites is 2. The van der Waals surface area contributed by atoms with Crippen LogP contribution in [0.3, 0.4) is 0 Å². The first-order valence-electron chi connectivity index (χ1n) is 11.7. The molecule has 4 aromatic carbocycles. The molecule has 1 heterocycles. The summed E-state index contributed by atoms with van der Waals surface area (Å²) in [6.45, 7) is 4.43. The molecule has 5 aromatic rings. The summed E-state index contributed by atoms with van der Waals surface area (Å²) in [5.74, 6) is 1.55.